The molecule has 3 aromatic rings. The number of halogens is 3. The number of H-pyrrole nitrogens is 1. The number of hydrogen-bond donors (Lipinski definition) is 2. The summed E-state index contributed by atoms with van der Waals surface area (Å²) in [6, 6.07) is 11.4. The Morgan fingerprint density at radius 3 is 2.48 bits per heavy atom. The van der Waals surface area contributed by atoms with Crippen LogP contribution in [0.1, 0.15) is 36.6 Å². The molecule has 0 bridgehead atoms. The summed E-state index contributed by atoms with van der Waals surface area (Å²) < 4.78 is 45.4. The number of unbranched alkanes of at least 4 members (excludes halogenated alkanes) is 1. The van der Waals surface area contributed by atoms with Crippen LogP contribution >= 0.6 is 0 Å². The van der Waals surface area contributed by atoms with Gasteiger partial charge in [0, 0.05) is 13.0 Å². The minimum Gasteiger partial charge on any atom is -0.493 e. The van der Waals surface area contributed by atoms with Crippen LogP contribution in [0.25, 0.3) is 0 Å². The third kappa shape index (κ3) is 5.01. The molecule has 8 heteroatoms. The number of aromatic hydroxyl groups is 1. The predicted octanol–water partition coefficient (Wildman–Crippen LogP) is 5.08. The first-order valence-corrected chi connectivity index (χ1v) is 9.22. The number of ether oxygens (including phenoxy) is 1. The third-order valence-electron chi connectivity index (χ3n) is 4.44. The number of hydrogen-bond acceptors (Lipinski definition) is 3. The van der Waals surface area contributed by atoms with Gasteiger partial charge in [-0.1, -0.05) is 31.5 Å². The van der Waals surface area contributed by atoms with E-state index in [1.54, 1.807) is 24.3 Å². The third-order valence-corrected chi connectivity index (χ3v) is 4.44. The van der Waals surface area contributed by atoms with E-state index in [-0.39, 0.29) is 23.7 Å². The lowest BCUT2D eigenvalue weighted by Gasteiger charge is -2.11. The minimum atomic E-state index is -4.45. The van der Waals surface area contributed by atoms with E-state index in [4.69, 9.17) is 4.74 Å². The molecule has 2 aromatic carbocycles. The van der Waals surface area contributed by atoms with Crippen LogP contribution in [0.4, 0.5) is 13.2 Å². The Labute approximate surface area is 165 Å². The molecule has 1 aromatic heterocycles. The smallest absolute Gasteiger partial charge is 0.416 e. The van der Waals surface area contributed by atoms with Gasteiger partial charge in [0.1, 0.15) is 11.5 Å². The average Bonchev–Trinajstić information content (AvgIpc) is 2.93. The van der Waals surface area contributed by atoms with Crippen LogP contribution in [-0.2, 0) is 19.1 Å². The van der Waals surface area contributed by atoms with Gasteiger partial charge in [0.15, 0.2) is 0 Å². The van der Waals surface area contributed by atoms with Gasteiger partial charge >= 0.3 is 11.9 Å². The molecule has 29 heavy (non-hydrogen) atoms. The van der Waals surface area contributed by atoms with Crippen molar-refractivity contribution in [3.05, 3.63) is 75.8 Å². The van der Waals surface area contributed by atoms with Crippen molar-refractivity contribution < 1.29 is 23.0 Å². The average molecular weight is 406 g/mol. The molecule has 2 N–H and O–H groups in total. The van der Waals surface area contributed by atoms with Gasteiger partial charge in [-0.25, -0.2) is 4.79 Å². The van der Waals surface area contributed by atoms with Gasteiger partial charge in [-0.2, -0.15) is 13.2 Å². The minimum absolute atomic E-state index is 0.0685. The maximum absolute atomic E-state index is 12.9. The molecule has 0 unspecified atom stereocenters. The molecule has 0 aliphatic heterocycles. The number of imidazole rings is 1. The highest BCUT2D eigenvalue weighted by Crippen LogP contribution is 2.33. The highest BCUT2D eigenvalue weighted by atomic mass is 19.4. The molecule has 0 aliphatic carbocycles. The molecule has 154 valence electrons. The van der Waals surface area contributed by atoms with Gasteiger partial charge in [0.25, 0.3) is 0 Å². The van der Waals surface area contributed by atoms with Crippen LogP contribution in [0.15, 0.2) is 53.3 Å². The number of nitrogens with one attached hydrogen (secondary N) is 1. The SMILES string of the molecule is CCCCn1c(O)c(Cc2cccc(Oc3cccc(C(F)(F)F)c3)c2)[nH]c1=O. The van der Waals surface area contributed by atoms with Gasteiger partial charge in [-0.15, -0.1) is 0 Å². The number of aromatic amines is 1. The summed E-state index contributed by atoms with van der Waals surface area (Å²) in [5.41, 5.74) is -0.0552. The summed E-state index contributed by atoms with van der Waals surface area (Å²) in [4.78, 5) is 14.7. The van der Waals surface area contributed by atoms with E-state index in [9.17, 15) is 23.1 Å². The highest BCUT2D eigenvalue weighted by molar-refractivity contribution is 5.38. The summed E-state index contributed by atoms with van der Waals surface area (Å²) in [5.74, 6) is 0.320. The molecule has 0 atom stereocenters. The van der Waals surface area contributed by atoms with Gasteiger partial charge in [0.2, 0.25) is 5.88 Å². The fraction of sp³-hybridized carbons (Fsp3) is 0.286. The topological polar surface area (TPSA) is 67.2 Å². The Kier molecular flexibility index (Phi) is 6.00. The Hall–Kier alpha value is -3.16. The Bertz CT molecular complexity index is 1040. The lowest BCUT2D eigenvalue weighted by Crippen LogP contribution is -2.16. The summed E-state index contributed by atoms with van der Waals surface area (Å²) in [6.45, 7) is 2.42. The Morgan fingerprint density at radius 1 is 1.10 bits per heavy atom. The van der Waals surface area contributed by atoms with E-state index >= 15 is 0 Å². The summed E-state index contributed by atoms with van der Waals surface area (Å²) in [6.07, 6.45) is -2.54. The predicted molar refractivity (Wildman–Crippen MR) is 102 cm³/mol. The Balaban J connectivity index is 1.78. The molecule has 3 rings (SSSR count). The summed E-state index contributed by atoms with van der Waals surface area (Å²) in [5, 5.41) is 10.3. The molecule has 0 spiro atoms. The molecule has 0 aliphatic rings. The maximum atomic E-state index is 12.9. The van der Waals surface area contributed by atoms with Crippen LogP contribution in [0.2, 0.25) is 0 Å². The van der Waals surface area contributed by atoms with Crippen LogP contribution in [0, 0.1) is 0 Å². The first-order valence-electron chi connectivity index (χ1n) is 9.22. The van der Waals surface area contributed by atoms with E-state index in [1.165, 1.54) is 16.7 Å². The zero-order valence-electron chi connectivity index (χ0n) is 15.8. The van der Waals surface area contributed by atoms with Gasteiger partial charge in [-0.05, 0) is 42.3 Å². The van der Waals surface area contributed by atoms with E-state index in [2.05, 4.69) is 4.98 Å². The Morgan fingerprint density at radius 2 is 1.79 bits per heavy atom. The van der Waals surface area contributed by atoms with E-state index in [1.807, 2.05) is 6.92 Å². The molecule has 0 fully saturated rings. The normalized spacial score (nSPS) is 11.6. The van der Waals surface area contributed by atoms with Crippen LogP contribution in [0.5, 0.6) is 17.4 Å². The van der Waals surface area contributed by atoms with Crippen molar-refractivity contribution in [1.29, 1.82) is 0 Å². The lowest BCUT2D eigenvalue weighted by atomic mass is 10.1. The molecular weight excluding hydrogens is 385 g/mol. The number of benzene rings is 2. The second kappa shape index (κ2) is 8.46. The monoisotopic (exact) mass is 406 g/mol. The molecule has 0 radical (unpaired) electrons. The van der Waals surface area contributed by atoms with Crippen molar-refractivity contribution in [3.8, 4) is 17.4 Å². The van der Waals surface area contributed by atoms with Gasteiger partial charge in [0.05, 0.1) is 11.3 Å². The van der Waals surface area contributed by atoms with Crippen molar-refractivity contribution in [3.63, 3.8) is 0 Å². The molecule has 5 nitrogen and oxygen atoms in total. The van der Waals surface area contributed by atoms with Gasteiger partial charge < -0.3 is 14.8 Å². The van der Waals surface area contributed by atoms with Crippen molar-refractivity contribution in [1.82, 2.24) is 9.55 Å². The number of nitrogens with zero attached hydrogens (tertiary/aromatic N) is 1. The standard InChI is InChI=1S/C21H21F3N2O3/c1-2-3-10-26-19(27)18(25-20(26)28)12-14-6-4-8-16(11-14)29-17-9-5-7-15(13-17)21(22,23)24/h4-9,11,13,27H,2-3,10,12H2,1H3,(H,25,28). The second-order valence-corrected chi connectivity index (χ2v) is 6.69. The van der Waals surface area contributed by atoms with Crippen molar-refractivity contribution in [2.45, 2.75) is 38.9 Å². The van der Waals surface area contributed by atoms with Crippen molar-refractivity contribution >= 4 is 0 Å². The molecule has 1 heterocycles. The number of aromatic nitrogens is 2. The van der Waals surface area contributed by atoms with Crippen LogP contribution in [0.3, 0.4) is 0 Å². The van der Waals surface area contributed by atoms with E-state index in [0.29, 0.717) is 18.0 Å². The summed E-state index contributed by atoms with van der Waals surface area (Å²) in [7, 11) is 0. The fourth-order valence-electron chi connectivity index (χ4n) is 2.95. The van der Waals surface area contributed by atoms with Crippen LogP contribution in [-0.4, -0.2) is 14.7 Å². The van der Waals surface area contributed by atoms with E-state index < -0.39 is 11.7 Å². The van der Waals surface area contributed by atoms with Gasteiger partial charge in [-0.3, -0.25) is 4.57 Å². The zero-order valence-corrected chi connectivity index (χ0v) is 15.8. The molecule has 0 saturated carbocycles. The van der Waals surface area contributed by atoms with E-state index in [0.717, 1.165) is 30.5 Å². The number of alkyl halides is 3. The summed E-state index contributed by atoms with van der Waals surface area (Å²) >= 11 is 0. The maximum Gasteiger partial charge on any atom is 0.416 e. The highest BCUT2D eigenvalue weighted by Gasteiger charge is 2.30. The zero-order chi connectivity index (χ0) is 21.0. The van der Waals surface area contributed by atoms with Crippen molar-refractivity contribution in [2.75, 3.05) is 0 Å². The molecule has 0 saturated heterocycles. The molecular formula is C21H21F3N2O3. The quantitative estimate of drug-likeness (QED) is 0.575. The van der Waals surface area contributed by atoms with Crippen molar-refractivity contribution in [2.24, 2.45) is 0 Å². The number of rotatable bonds is 7. The van der Waals surface area contributed by atoms with Crippen LogP contribution < -0.4 is 10.4 Å². The fourth-order valence-corrected chi connectivity index (χ4v) is 2.95. The first-order chi connectivity index (χ1) is 13.8. The first kappa shape index (κ1) is 20.6. The largest absolute Gasteiger partial charge is 0.493 e. The second-order valence-electron chi connectivity index (χ2n) is 6.69. The lowest BCUT2D eigenvalue weighted by molar-refractivity contribution is -0.137. The molecule has 0 amide bonds.